The molecule has 0 radical (unpaired) electrons. The third-order valence-electron chi connectivity index (χ3n) is 2.35. The summed E-state index contributed by atoms with van der Waals surface area (Å²) in [5.41, 5.74) is 0. The third kappa shape index (κ3) is 2.21. The molecule has 0 aromatic heterocycles. The molecule has 3 nitrogen and oxygen atoms in total. The predicted molar refractivity (Wildman–Crippen MR) is 49.6 cm³/mol. The zero-order chi connectivity index (χ0) is 8.97. The first kappa shape index (κ1) is 9.52. The number of hydrogen-bond acceptors (Lipinski definition) is 2. The molecule has 0 aromatic rings. The van der Waals surface area contributed by atoms with Crippen molar-refractivity contribution in [2.75, 3.05) is 20.2 Å². The molecule has 0 saturated carbocycles. The van der Waals surface area contributed by atoms with E-state index in [2.05, 4.69) is 11.8 Å². The van der Waals surface area contributed by atoms with Crippen molar-refractivity contribution in [3.05, 3.63) is 0 Å². The molecule has 70 valence electrons. The molecule has 1 N–H and O–H groups in total. The van der Waals surface area contributed by atoms with E-state index in [1.54, 1.807) is 7.11 Å². The van der Waals surface area contributed by atoms with E-state index in [9.17, 15) is 0 Å². The number of methoxy groups -OCH3 is 1. The maximum Gasteiger partial charge on any atom is 0.0958 e. The Bertz CT molecular complexity index is 159. The first-order valence-corrected chi connectivity index (χ1v) is 4.63. The molecular weight excluding hydrogens is 152 g/mol. The van der Waals surface area contributed by atoms with Gasteiger partial charge in [0.1, 0.15) is 0 Å². The first-order valence-electron chi connectivity index (χ1n) is 4.63. The zero-order valence-corrected chi connectivity index (χ0v) is 7.97. The molecule has 0 spiro atoms. The van der Waals surface area contributed by atoms with Gasteiger partial charge < -0.3 is 9.64 Å². The van der Waals surface area contributed by atoms with Crippen LogP contribution in [0.25, 0.3) is 0 Å². The van der Waals surface area contributed by atoms with Crippen LogP contribution in [0, 0.1) is 5.41 Å². The van der Waals surface area contributed by atoms with Gasteiger partial charge in [0, 0.05) is 26.6 Å². The molecule has 3 heteroatoms. The first-order chi connectivity index (χ1) is 5.77. The van der Waals surface area contributed by atoms with Gasteiger partial charge in [-0.25, -0.2) is 0 Å². The lowest BCUT2D eigenvalue weighted by Gasteiger charge is -2.18. The highest BCUT2D eigenvalue weighted by atomic mass is 16.5. The molecule has 1 heterocycles. The van der Waals surface area contributed by atoms with Crippen molar-refractivity contribution in [1.82, 2.24) is 4.90 Å². The Hall–Kier alpha value is -0.570. The largest absolute Gasteiger partial charge is 0.380 e. The second kappa shape index (κ2) is 4.45. The van der Waals surface area contributed by atoms with Crippen molar-refractivity contribution in [3.8, 4) is 0 Å². The van der Waals surface area contributed by atoms with E-state index in [1.165, 1.54) is 0 Å². The molecule has 1 fully saturated rings. The molecule has 1 aliphatic rings. The molecule has 1 aliphatic heterocycles. The minimum Gasteiger partial charge on any atom is -0.380 e. The van der Waals surface area contributed by atoms with Crippen molar-refractivity contribution in [1.29, 1.82) is 5.41 Å². The highest BCUT2D eigenvalue weighted by Gasteiger charge is 2.22. The van der Waals surface area contributed by atoms with Crippen LogP contribution in [0.2, 0.25) is 0 Å². The molecule has 0 aliphatic carbocycles. The van der Waals surface area contributed by atoms with Gasteiger partial charge in [0.05, 0.1) is 11.9 Å². The number of ether oxygens (including phenoxy) is 1. The highest BCUT2D eigenvalue weighted by Crippen LogP contribution is 2.13. The van der Waals surface area contributed by atoms with Gasteiger partial charge in [-0.15, -0.1) is 0 Å². The van der Waals surface area contributed by atoms with E-state index in [0.717, 1.165) is 38.2 Å². The van der Waals surface area contributed by atoms with Crippen LogP contribution < -0.4 is 0 Å². The quantitative estimate of drug-likeness (QED) is 0.514. The van der Waals surface area contributed by atoms with Crippen molar-refractivity contribution in [3.63, 3.8) is 0 Å². The minimum atomic E-state index is 0.349. The normalized spacial score (nSPS) is 23.2. The number of rotatable bonds is 3. The lowest BCUT2D eigenvalue weighted by atomic mass is 10.3. The van der Waals surface area contributed by atoms with E-state index >= 15 is 0 Å². The standard InChI is InChI=1S/C9H18N2O/c1-3-4-9(10)11-6-5-8(7-11)12-2/h8,10H,3-7H2,1-2H3. The fourth-order valence-electron chi connectivity index (χ4n) is 1.56. The second-order valence-corrected chi connectivity index (χ2v) is 3.29. The van der Waals surface area contributed by atoms with E-state index < -0.39 is 0 Å². The summed E-state index contributed by atoms with van der Waals surface area (Å²) < 4.78 is 5.23. The topological polar surface area (TPSA) is 36.3 Å². The molecule has 0 bridgehead atoms. The van der Waals surface area contributed by atoms with Crippen LogP contribution >= 0.6 is 0 Å². The molecule has 1 rings (SSSR count). The molecular formula is C9H18N2O. The number of hydrogen-bond donors (Lipinski definition) is 1. The van der Waals surface area contributed by atoms with Gasteiger partial charge in [0.15, 0.2) is 0 Å². The summed E-state index contributed by atoms with van der Waals surface area (Å²) in [6.45, 7) is 4.02. The summed E-state index contributed by atoms with van der Waals surface area (Å²) in [4.78, 5) is 2.12. The SMILES string of the molecule is CCCC(=N)N1CCC(OC)C1. The lowest BCUT2D eigenvalue weighted by molar-refractivity contribution is 0.114. The van der Waals surface area contributed by atoms with Crippen LogP contribution in [0.15, 0.2) is 0 Å². The van der Waals surface area contributed by atoms with Gasteiger partial charge in [-0.1, -0.05) is 6.92 Å². The summed E-state index contributed by atoms with van der Waals surface area (Å²) in [5, 5.41) is 7.72. The molecule has 1 atom stereocenters. The summed E-state index contributed by atoms with van der Waals surface area (Å²) in [6.07, 6.45) is 3.38. The van der Waals surface area contributed by atoms with Crippen LogP contribution in [-0.2, 0) is 4.74 Å². The minimum absolute atomic E-state index is 0.349. The molecule has 0 aromatic carbocycles. The van der Waals surface area contributed by atoms with Crippen molar-refractivity contribution < 1.29 is 4.74 Å². The van der Waals surface area contributed by atoms with Crippen molar-refractivity contribution in [2.24, 2.45) is 0 Å². The Morgan fingerprint density at radius 1 is 1.67 bits per heavy atom. The highest BCUT2D eigenvalue weighted by molar-refractivity contribution is 5.79. The number of nitrogens with one attached hydrogen (secondary N) is 1. The average Bonchev–Trinajstić information content (AvgIpc) is 2.52. The molecule has 1 saturated heterocycles. The fraction of sp³-hybridized carbons (Fsp3) is 0.889. The molecule has 1 unspecified atom stereocenters. The summed E-state index contributed by atoms with van der Waals surface area (Å²) in [5.74, 6) is 0.775. The van der Waals surface area contributed by atoms with Crippen molar-refractivity contribution in [2.45, 2.75) is 32.3 Å². The Balaban J connectivity index is 2.31. The predicted octanol–water partition coefficient (Wildman–Crippen LogP) is 1.48. The van der Waals surface area contributed by atoms with Crippen LogP contribution in [-0.4, -0.2) is 37.0 Å². The van der Waals surface area contributed by atoms with E-state index in [1.807, 2.05) is 0 Å². The summed E-state index contributed by atoms with van der Waals surface area (Å²) >= 11 is 0. The lowest BCUT2D eigenvalue weighted by Crippen LogP contribution is -2.28. The maximum atomic E-state index is 7.72. The number of amidine groups is 1. The van der Waals surface area contributed by atoms with E-state index in [4.69, 9.17) is 10.1 Å². The van der Waals surface area contributed by atoms with E-state index in [-0.39, 0.29) is 0 Å². The number of nitrogens with zero attached hydrogens (tertiary/aromatic N) is 1. The van der Waals surface area contributed by atoms with Gasteiger partial charge in [-0.2, -0.15) is 0 Å². The summed E-state index contributed by atoms with van der Waals surface area (Å²) in [6, 6.07) is 0. The zero-order valence-electron chi connectivity index (χ0n) is 7.97. The van der Waals surface area contributed by atoms with Gasteiger partial charge in [0.25, 0.3) is 0 Å². The van der Waals surface area contributed by atoms with Crippen LogP contribution in [0.1, 0.15) is 26.2 Å². The summed E-state index contributed by atoms with van der Waals surface area (Å²) in [7, 11) is 1.75. The van der Waals surface area contributed by atoms with Crippen LogP contribution in [0.3, 0.4) is 0 Å². The third-order valence-corrected chi connectivity index (χ3v) is 2.35. The van der Waals surface area contributed by atoms with Crippen LogP contribution in [0.5, 0.6) is 0 Å². The van der Waals surface area contributed by atoms with Crippen molar-refractivity contribution >= 4 is 5.84 Å². The van der Waals surface area contributed by atoms with Gasteiger partial charge >= 0.3 is 0 Å². The molecule has 12 heavy (non-hydrogen) atoms. The Labute approximate surface area is 74.2 Å². The fourth-order valence-corrected chi connectivity index (χ4v) is 1.56. The maximum absolute atomic E-state index is 7.72. The Morgan fingerprint density at radius 3 is 2.92 bits per heavy atom. The van der Waals surface area contributed by atoms with Crippen LogP contribution in [0.4, 0.5) is 0 Å². The van der Waals surface area contributed by atoms with Gasteiger partial charge in [0.2, 0.25) is 0 Å². The van der Waals surface area contributed by atoms with Gasteiger partial charge in [-0.3, -0.25) is 5.41 Å². The second-order valence-electron chi connectivity index (χ2n) is 3.29. The smallest absolute Gasteiger partial charge is 0.0958 e. The van der Waals surface area contributed by atoms with E-state index in [0.29, 0.717) is 6.10 Å². The molecule has 0 amide bonds. The Morgan fingerprint density at radius 2 is 2.42 bits per heavy atom. The van der Waals surface area contributed by atoms with Gasteiger partial charge in [-0.05, 0) is 12.8 Å². The average molecular weight is 170 g/mol. The monoisotopic (exact) mass is 170 g/mol. The number of likely N-dealkylation sites (tertiary alicyclic amines) is 1. The Kier molecular flexibility index (Phi) is 3.53.